The molecule has 0 radical (unpaired) electrons. The lowest BCUT2D eigenvalue weighted by molar-refractivity contribution is 0.203. The van der Waals surface area contributed by atoms with Crippen LogP contribution in [0, 0.1) is 0 Å². The summed E-state index contributed by atoms with van der Waals surface area (Å²) in [5, 5.41) is 10.3. The Morgan fingerprint density at radius 3 is 2.67 bits per heavy atom. The third-order valence-corrected chi connectivity index (χ3v) is 2.51. The molecule has 5 nitrogen and oxygen atoms in total. The summed E-state index contributed by atoms with van der Waals surface area (Å²) < 4.78 is 10.2. The van der Waals surface area contributed by atoms with Crippen molar-refractivity contribution in [2.45, 2.75) is 6.10 Å². The molecule has 0 saturated heterocycles. The fraction of sp³-hybridized carbons (Fsp3) is 0.231. The topological polar surface area (TPSA) is 64.5 Å². The number of hydrogen-bond donors (Lipinski definition) is 1. The summed E-state index contributed by atoms with van der Waals surface area (Å²) in [6.45, 7) is 0. The highest BCUT2D eigenvalue weighted by molar-refractivity contribution is 5.33. The number of aliphatic hydroxyl groups excluding tert-OH is 1. The van der Waals surface area contributed by atoms with Crippen molar-refractivity contribution in [2.24, 2.45) is 0 Å². The molecule has 2 aromatic rings. The van der Waals surface area contributed by atoms with Crippen LogP contribution < -0.4 is 9.47 Å². The molecule has 2 rings (SSSR count). The molecule has 2 heterocycles. The average Bonchev–Trinajstić information content (AvgIpc) is 2.46. The van der Waals surface area contributed by atoms with E-state index in [-0.39, 0.29) is 0 Å². The fourth-order valence-electron chi connectivity index (χ4n) is 1.62. The van der Waals surface area contributed by atoms with Gasteiger partial charge in [0.25, 0.3) is 0 Å². The Bertz CT molecular complexity index is 531. The van der Waals surface area contributed by atoms with Crippen molar-refractivity contribution in [1.29, 1.82) is 0 Å². The van der Waals surface area contributed by atoms with E-state index in [9.17, 15) is 5.11 Å². The molecule has 0 bridgehead atoms. The molecule has 5 heteroatoms. The Hall–Kier alpha value is -2.14. The van der Waals surface area contributed by atoms with Gasteiger partial charge in [0, 0.05) is 12.3 Å². The second kappa shape index (κ2) is 5.46. The standard InChI is InChI=1S/C13H14N2O3/c1-17-10-6-4-8-14-12(10)13(16)9-5-3-7-11(15-9)18-2/h3-8,13,16H,1-2H3. The van der Waals surface area contributed by atoms with E-state index in [2.05, 4.69) is 9.97 Å². The minimum absolute atomic E-state index is 0.431. The Balaban J connectivity index is 2.37. The zero-order valence-electron chi connectivity index (χ0n) is 10.2. The molecule has 1 N–H and O–H groups in total. The first-order valence-electron chi connectivity index (χ1n) is 5.44. The molecule has 0 aliphatic carbocycles. The van der Waals surface area contributed by atoms with Crippen molar-refractivity contribution in [3.8, 4) is 11.6 Å². The van der Waals surface area contributed by atoms with Gasteiger partial charge in [-0.25, -0.2) is 4.98 Å². The fourth-order valence-corrected chi connectivity index (χ4v) is 1.62. The number of aliphatic hydroxyl groups is 1. The van der Waals surface area contributed by atoms with Gasteiger partial charge in [-0.2, -0.15) is 0 Å². The number of methoxy groups -OCH3 is 2. The van der Waals surface area contributed by atoms with Crippen molar-refractivity contribution in [2.75, 3.05) is 14.2 Å². The van der Waals surface area contributed by atoms with Gasteiger partial charge in [-0.05, 0) is 18.2 Å². The smallest absolute Gasteiger partial charge is 0.213 e. The zero-order valence-corrected chi connectivity index (χ0v) is 10.2. The van der Waals surface area contributed by atoms with E-state index in [1.807, 2.05) is 0 Å². The van der Waals surface area contributed by atoms with Crippen LogP contribution in [0.2, 0.25) is 0 Å². The van der Waals surface area contributed by atoms with Gasteiger partial charge in [0.2, 0.25) is 5.88 Å². The molecule has 0 aliphatic rings. The third kappa shape index (κ3) is 2.41. The highest BCUT2D eigenvalue weighted by Crippen LogP contribution is 2.27. The van der Waals surface area contributed by atoms with Crippen molar-refractivity contribution < 1.29 is 14.6 Å². The molecule has 1 unspecified atom stereocenters. The highest BCUT2D eigenvalue weighted by atomic mass is 16.5. The minimum atomic E-state index is -0.948. The van der Waals surface area contributed by atoms with Gasteiger partial charge in [0.05, 0.1) is 19.9 Å². The first kappa shape index (κ1) is 12.3. The predicted octanol–water partition coefficient (Wildman–Crippen LogP) is 1.58. The zero-order chi connectivity index (χ0) is 13.0. The molecule has 0 saturated carbocycles. The van der Waals surface area contributed by atoms with Crippen molar-refractivity contribution >= 4 is 0 Å². The van der Waals surface area contributed by atoms with Gasteiger partial charge in [-0.1, -0.05) is 6.07 Å². The molecule has 2 aromatic heterocycles. The van der Waals surface area contributed by atoms with Crippen LogP contribution in [0.25, 0.3) is 0 Å². The van der Waals surface area contributed by atoms with Gasteiger partial charge in [0.15, 0.2) is 0 Å². The molecule has 1 atom stereocenters. The first-order valence-corrected chi connectivity index (χ1v) is 5.44. The van der Waals surface area contributed by atoms with E-state index in [0.717, 1.165) is 0 Å². The largest absolute Gasteiger partial charge is 0.495 e. The molecule has 18 heavy (non-hydrogen) atoms. The van der Waals surface area contributed by atoms with Crippen LogP contribution in [0.1, 0.15) is 17.5 Å². The van der Waals surface area contributed by atoms with Crippen LogP contribution in [0.3, 0.4) is 0 Å². The summed E-state index contributed by atoms with van der Waals surface area (Å²) in [6, 6.07) is 8.67. The number of aromatic nitrogens is 2. The Kier molecular flexibility index (Phi) is 3.74. The average molecular weight is 246 g/mol. The molecule has 94 valence electrons. The quantitative estimate of drug-likeness (QED) is 0.887. The maximum absolute atomic E-state index is 10.3. The van der Waals surface area contributed by atoms with Crippen molar-refractivity contribution in [3.05, 3.63) is 47.9 Å². The second-order valence-corrected chi connectivity index (χ2v) is 3.60. The van der Waals surface area contributed by atoms with Crippen LogP contribution in [0.15, 0.2) is 36.5 Å². The van der Waals surface area contributed by atoms with Gasteiger partial charge in [-0.3, -0.25) is 4.98 Å². The normalized spacial score (nSPS) is 11.9. The Morgan fingerprint density at radius 1 is 1.11 bits per heavy atom. The van der Waals surface area contributed by atoms with E-state index < -0.39 is 6.10 Å². The summed E-state index contributed by atoms with van der Waals surface area (Å²) in [7, 11) is 3.06. The van der Waals surface area contributed by atoms with E-state index in [1.165, 1.54) is 14.2 Å². The summed E-state index contributed by atoms with van der Waals surface area (Å²) in [6.07, 6.45) is 0.651. The lowest BCUT2D eigenvalue weighted by Gasteiger charge is -2.13. The number of ether oxygens (including phenoxy) is 2. The van der Waals surface area contributed by atoms with E-state index in [0.29, 0.717) is 23.0 Å². The second-order valence-electron chi connectivity index (χ2n) is 3.60. The van der Waals surface area contributed by atoms with E-state index in [1.54, 1.807) is 36.5 Å². The lowest BCUT2D eigenvalue weighted by Crippen LogP contribution is -2.07. The lowest BCUT2D eigenvalue weighted by atomic mass is 10.1. The SMILES string of the molecule is COc1cccc(C(O)c2ncccc2OC)n1. The molecule has 0 fully saturated rings. The number of rotatable bonds is 4. The van der Waals surface area contributed by atoms with Crippen molar-refractivity contribution in [1.82, 2.24) is 9.97 Å². The maximum atomic E-state index is 10.3. The minimum Gasteiger partial charge on any atom is -0.495 e. The summed E-state index contributed by atoms with van der Waals surface area (Å²) in [5.41, 5.74) is 0.895. The van der Waals surface area contributed by atoms with Crippen LogP contribution in [-0.2, 0) is 0 Å². The van der Waals surface area contributed by atoms with Crippen LogP contribution in [0.4, 0.5) is 0 Å². The molecular weight excluding hydrogens is 232 g/mol. The van der Waals surface area contributed by atoms with E-state index >= 15 is 0 Å². The third-order valence-electron chi connectivity index (χ3n) is 2.51. The monoisotopic (exact) mass is 246 g/mol. The summed E-state index contributed by atoms with van der Waals surface area (Å²) in [5.74, 6) is 0.969. The Labute approximate surface area is 105 Å². The predicted molar refractivity (Wildman–Crippen MR) is 65.6 cm³/mol. The van der Waals surface area contributed by atoms with Gasteiger partial charge >= 0.3 is 0 Å². The molecule has 0 aromatic carbocycles. The van der Waals surface area contributed by atoms with Crippen LogP contribution in [0.5, 0.6) is 11.6 Å². The first-order chi connectivity index (χ1) is 8.76. The number of hydrogen-bond acceptors (Lipinski definition) is 5. The van der Waals surface area contributed by atoms with Crippen LogP contribution >= 0.6 is 0 Å². The summed E-state index contributed by atoms with van der Waals surface area (Å²) >= 11 is 0. The molecule has 0 spiro atoms. The Morgan fingerprint density at radius 2 is 1.94 bits per heavy atom. The van der Waals surface area contributed by atoms with Gasteiger partial charge < -0.3 is 14.6 Å². The molecule has 0 amide bonds. The number of pyridine rings is 2. The highest BCUT2D eigenvalue weighted by Gasteiger charge is 2.18. The summed E-state index contributed by atoms with van der Waals surface area (Å²) in [4.78, 5) is 8.30. The van der Waals surface area contributed by atoms with E-state index in [4.69, 9.17) is 9.47 Å². The van der Waals surface area contributed by atoms with Crippen LogP contribution in [-0.4, -0.2) is 29.3 Å². The molecular formula is C13H14N2O3. The maximum Gasteiger partial charge on any atom is 0.213 e. The number of nitrogens with zero attached hydrogens (tertiary/aromatic N) is 2. The van der Waals surface area contributed by atoms with Gasteiger partial charge in [0.1, 0.15) is 17.5 Å². The van der Waals surface area contributed by atoms with Gasteiger partial charge in [-0.15, -0.1) is 0 Å². The van der Waals surface area contributed by atoms with Crippen molar-refractivity contribution in [3.63, 3.8) is 0 Å². The molecule has 0 aliphatic heterocycles.